The van der Waals surface area contributed by atoms with E-state index in [4.69, 9.17) is 24.9 Å². The minimum Gasteiger partial charge on any atom is -0.378 e. The molecule has 2 saturated heterocycles. The third-order valence-electron chi connectivity index (χ3n) is 5.06. The molecule has 1 amide bonds. The first-order valence-electron chi connectivity index (χ1n) is 9.96. The van der Waals surface area contributed by atoms with Crippen molar-refractivity contribution in [3.8, 4) is 0 Å². The van der Waals surface area contributed by atoms with Gasteiger partial charge in [0.25, 0.3) is 0 Å². The number of nitrogens with zero attached hydrogens (tertiary/aromatic N) is 2. The Morgan fingerprint density at radius 2 is 1.81 bits per heavy atom. The molecule has 1 unspecified atom stereocenters. The fraction of sp³-hybridized carbons (Fsp3) is 0.429. The topological polar surface area (TPSA) is 86.9 Å². The molecule has 31 heavy (non-hydrogen) atoms. The number of nitrogens with two attached hydrogens (primary N) is 1. The normalized spacial score (nSPS) is 18.3. The molecule has 0 aliphatic carbocycles. The zero-order chi connectivity index (χ0) is 21.8. The highest BCUT2D eigenvalue weighted by atomic mass is 32.2. The van der Waals surface area contributed by atoms with Gasteiger partial charge in [-0.3, -0.25) is 4.79 Å². The molecular formula is C21H23F2N3O4S. The monoisotopic (exact) mass is 451 g/mol. The standard InChI is InChI=1S/C21H23F2N3O4S/c22-14-9-13(10-15(23)11-14)19(20(24)27)16-1-2-17(31-12-18-29-7-8-30-18)25-21(16)26-3-5-28-6-4-26/h1-2,9-11,18-19H,3-8,12H2,(H2,24,27). The lowest BCUT2D eigenvalue weighted by molar-refractivity contribution is -0.118. The molecule has 0 radical (unpaired) electrons. The molecule has 7 nitrogen and oxygen atoms in total. The summed E-state index contributed by atoms with van der Waals surface area (Å²) in [6.07, 6.45) is -0.285. The first-order valence-corrected chi connectivity index (χ1v) is 10.9. The van der Waals surface area contributed by atoms with Crippen molar-refractivity contribution in [3.63, 3.8) is 0 Å². The molecule has 0 saturated carbocycles. The van der Waals surface area contributed by atoms with Crippen molar-refractivity contribution in [2.75, 3.05) is 50.2 Å². The van der Waals surface area contributed by atoms with Crippen LogP contribution in [0.1, 0.15) is 17.0 Å². The predicted octanol–water partition coefficient (Wildman–Crippen LogP) is 2.28. The fourth-order valence-electron chi connectivity index (χ4n) is 3.67. The second kappa shape index (κ2) is 9.90. The number of halogens is 2. The number of rotatable bonds is 7. The summed E-state index contributed by atoms with van der Waals surface area (Å²) >= 11 is 1.47. The summed E-state index contributed by atoms with van der Waals surface area (Å²) in [5, 5.41) is 0.720. The molecule has 166 valence electrons. The number of carbonyl (C=O) groups is 1. The maximum Gasteiger partial charge on any atom is 0.229 e. The Balaban J connectivity index is 1.70. The Morgan fingerprint density at radius 3 is 2.45 bits per heavy atom. The molecular weight excluding hydrogens is 428 g/mol. The fourth-order valence-corrected chi connectivity index (χ4v) is 4.49. The van der Waals surface area contributed by atoms with Crippen LogP contribution in [0, 0.1) is 11.6 Å². The summed E-state index contributed by atoms with van der Waals surface area (Å²) in [5.74, 6) is -2.18. The Kier molecular flexibility index (Phi) is 7.01. The van der Waals surface area contributed by atoms with E-state index in [-0.39, 0.29) is 11.9 Å². The number of pyridine rings is 1. The van der Waals surface area contributed by atoms with Crippen molar-refractivity contribution < 1.29 is 27.8 Å². The summed E-state index contributed by atoms with van der Waals surface area (Å²) in [4.78, 5) is 19.2. The zero-order valence-corrected chi connectivity index (χ0v) is 17.6. The van der Waals surface area contributed by atoms with Crippen LogP contribution in [-0.4, -0.2) is 62.5 Å². The quantitative estimate of drug-likeness (QED) is 0.647. The van der Waals surface area contributed by atoms with Gasteiger partial charge in [-0.25, -0.2) is 13.8 Å². The maximum atomic E-state index is 13.9. The van der Waals surface area contributed by atoms with Gasteiger partial charge in [0.05, 0.1) is 43.1 Å². The molecule has 10 heteroatoms. The van der Waals surface area contributed by atoms with E-state index in [0.29, 0.717) is 56.7 Å². The SMILES string of the molecule is NC(=O)C(c1cc(F)cc(F)c1)c1ccc(SCC2OCCO2)nc1N1CCOCC1. The van der Waals surface area contributed by atoms with E-state index in [1.807, 2.05) is 4.90 Å². The summed E-state index contributed by atoms with van der Waals surface area (Å²) < 4.78 is 44.1. The van der Waals surface area contributed by atoms with Crippen molar-refractivity contribution >= 4 is 23.5 Å². The molecule has 3 heterocycles. The highest BCUT2D eigenvalue weighted by Gasteiger charge is 2.28. The van der Waals surface area contributed by atoms with E-state index in [0.717, 1.165) is 23.2 Å². The van der Waals surface area contributed by atoms with Gasteiger partial charge in [-0.15, -0.1) is 11.8 Å². The van der Waals surface area contributed by atoms with Gasteiger partial charge in [-0.1, -0.05) is 6.07 Å². The van der Waals surface area contributed by atoms with Gasteiger partial charge in [0.1, 0.15) is 17.5 Å². The number of hydrogen-bond acceptors (Lipinski definition) is 7. The Hall–Kier alpha value is -2.27. The van der Waals surface area contributed by atoms with Gasteiger partial charge in [0.15, 0.2) is 6.29 Å². The van der Waals surface area contributed by atoms with Gasteiger partial charge < -0.3 is 24.8 Å². The smallest absolute Gasteiger partial charge is 0.229 e. The third-order valence-corrected chi connectivity index (χ3v) is 6.02. The lowest BCUT2D eigenvalue weighted by Crippen LogP contribution is -2.38. The molecule has 2 aliphatic heterocycles. The average molecular weight is 451 g/mol. The Labute approximate surface area is 182 Å². The number of carbonyl (C=O) groups excluding carboxylic acids is 1. The number of hydrogen-bond donors (Lipinski definition) is 1. The van der Waals surface area contributed by atoms with Crippen molar-refractivity contribution in [2.24, 2.45) is 5.73 Å². The summed E-state index contributed by atoms with van der Waals surface area (Å²) in [6.45, 7) is 3.32. The molecule has 1 aromatic carbocycles. The number of thioether (sulfide) groups is 1. The molecule has 0 spiro atoms. The molecule has 0 bridgehead atoms. The molecule has 2 N–H and O–H groups in total. The van der Waals surface area contributed by atoms with Crippen molar-refractivity contribution in [1.82, 2.24) is 4.98 Å². The number of primary amides is 1. The van der Waals surface area contributed by atoms with Crippen LogP contribution in [0.15, 0.2) is 35.4 Å². The van der Waals surface area contributed by atoms with Gasteiger partial charge in [0, 0.05) is 24.7 Å². The summed E-state index contributed by atoms with van der Waals surface area (Å²) in [5.41, 5.74) is 6.33. The third kappa shape index (κ3) is 5.32. The van der Waals surface area contributed by atoms with Gasteiger partial charge in [0.2, 0.25) is 5.91 Å². The second-order valence-electron chi connectivity index (χ2n) is 7.18. The van der Waals surface area contributed by atoms with Crippen molar-refractivity contribution in [1.29, 1.82) is 0 Å². The van der Waals surface area contributed by atoms with E-state index in [1.54, 1.807) is 12.1 Å². The Morgan fingerprint density at radius 1 is 1.13 bits per heavy atom. The van der Waals surface area contributed by atoms with Crippen LogP contribution in [0.25, 0.3) is 0 Å². The molecule has 2 aliphatic rings. The van der Waals surface area contributed by atoms with E-state index >= 15 is 0 Å². The van der Waals surface area contributed by atoms with Crippen LogP contribution < -0.4 is 10.6 Å². The first kappa shape index (κ1) is 21.9. The van der Waals surface area contributed by atoms with Gasteiger partial charge in [-0.2, -0.15) is 0 Å². The minimum atomic E-state index is -1.05. The van der Waals surface area contributed by atoms with E-state index < -0.39 is 23.5 Å². The van der Waals surface area contributed by atoms with E-state index in [9.17, 15) is 13.6 Å². The van der Waals surface area contributed by atoms with E-state index in [1.165, 1.54) is 11.8 Å². The van der Waals surface area contributed by atoms with Crippen molar-refractivity contribution in [3.05, 3.63) is 53.1 Å². The molecule has 1 atom stereocenters. The van der Waals surface area contributed by atoms with Crippen molar-refractivity contribution in [2.45, 2.75) is 17.2 Å². The highest BCUT2D eigenvalue weighted by molar-refractivity contribution is 7.99. The van der Waals surface area contributed by atoms with Crippen LogP contribution in [0.3, 0.4) is 0 Å². The number of anilines is 1. The lowest BCUT2D eigenvalue weighted by atomic mass is 9.90. The number of morpholine rings is 1. The Bertz CT molecular complexity index is 917. The molecule has 4 rings (SSSR count). The maximum absolute atomic E-state index is 13.9. The number of benzene rings is 1. The van der Waals surface area contributed by atoms with Gasteiger partial charge >= 0.3 is 0 Å². The summed E-state index contributed by atoms with van der Waals surface area (Å²) in [6, 6.07) is 6.52. The first-order chi connectivity index (χ1) is 15.0. The second-order valence-corrected chi connectivity index (χ2v) is 8.22. The number of ether oxygens (including phenoxy) is 3. The van der Waals surface area contributed by atoms with Crippen LogP contribution in [-0.2, 0) is 19.0 Å². The molecule has 2 aromatic rings. The van der Waals surface area contributed by atoms with Crippen LogP contribution in [0.4, 0.5) is 14.6 Å². The minimum absolute atomic E-state index is 0.148. The number of aromatic nitrogens is 1. The molecule has 2 fully saturated rings. The van der Waals surface area contributed by atoms with Crippen LogP contribution >= 0.6 is 11.8 Å². The zero-order valence-electron chi connectivity index (χ0n) is 16.8. The van der Waals surface area contributed by atoms with E-state index in [2.05, 4.69) is 0 Å². The molecule has 1 aromatic heterocycles. The van der Waals surface area contributed by atoms with Crippen LogP contribution in [0.2, 0.25) is 0 Å². The average Bonchev–Trinajstić information content (AvgIpc) is 3.26. The van der Waals surface area contributed by atoms with Crippen LogP contribution in [0.5, 0.6) is 0 Å². The number of amides is 1. The van der Waals surface area contributed by atoms with Gasteiger partial charge in [-0.05, 0) is 23.8 Å². The highest BCUT2D eigenvalue weighted by Crippen LogP contribution is 2.34. The predicted molar refractivity (Wildman–Crippen MR) is 111 cm³/mol. The lowest BCUT2D eigenvalue weighted by Gasteiger charge is -2.31. The summed E-state index contributed by atoms with van der Waals surface area (Å²) in [7, 11) is 0. The largest absolute Gasteiger partial charge is 0.378 e.